The number of methoxy groups -OCH3 is 1. The zero-order valence-electron chi connectivity index (χ0n) is 16.6. The fourth-order valence-electron chi connectivity index (χ4n) is 3.47. The van der Waals surface area contributed by atoms with Gasteiger partial charge in [0.15, 0.2) is 0 Å². The number of rotatable bonds is 8. The standard InChI is InChI=1S/C22H25N3O4/c1-3-22(17-7-5-4-6-8-17)20(27)25(21(28)24-22)15-19(26)23-14-13-16-9-11-18(29-2)12-10-16/h4-12H,3,13-15H2,1-2H3,(H,23,26)(H,24,28)/t22-/m1/s1. The molecule has 0 radical (unpaired) electrons. The Labute approximate surface area is 170 Å². The SMILES string of the molecule is CC[C@]1(c2ccccc2)NC(=O)N(CC(=O)NCCc2ccc(OC)cc2)C1=O. The van der Waals surface area contributed by atoms with Crippen LogP contribution in [0.2, 0.25) is 0 Å². The van der Waals surface area contributed by atoms with Gasteiger partial charge in [-0.2, -0.15) is 0 Å². The molecule has 7 heteroatoms. The van der Waals surface area contributed by atoms with Crippen LogP contribution in [0.5, 0.6) is 5.75 Å². The van der Waals surface area contributed by atoms with Gasteiger partial charge in [0.05, 0.1) is 7.11 Å². The number of hydrogen-bond donors (Lipinski definition) is 2. The zero-order valence-corrected chi connectivity index (χ0v) is 16.6. The molecule has 1 aliphatic heterocycles. The predicted molar refractivity (Wildman–Crippen MR) is 108 cm³/mol. The van der Waals surface area contributed by atoms with Gasteiger partial charge in [0.25, 0.3) is 5.91 Å². The Morgan fingerprint density at radius 3 is 2.41 bits per heavy atom. The summed E-state index contributed by atoms with van der Waals surface area (Å²) in [6, 6.07) is 16.1. The number of hydrogen-bond acceptors (Lipinski definition) is 4. The van der Waals surface area contributed by atoms with Crippen molar-refractivity contribution in [2.45, 2.75) is 25.3 Å². The molecule has 0 unspecified atom stereocenters. The molecule has 1 aliphatic rings. The molecule has 3 rings (SSSR count). The molecule has 152 valence electrons. The lowest BCUT2D eigenvalue weighted by molar-refractivity contribution is -0.135. The third kappa shape index (κ3) is 4.23. The minimum atomic E-state index is -1.12. The number of benzene rings is 2. The average Bonchev–Trinajstić information content (AvgIpc) is 3.00. The van der Waals surface area contributed by atoms with E-state index in [-0.39, 0.29) is 12.5 Å². The fraction of sp³-hybridized carbons (Fsp3) is 0.318. The highest BCUT2D eigenvalue weighted by Gasteiger charge is 2.51. The predicted octanol–water partition coefficient (Wildman–Crippen LogP) is 2.21. The molecule has 1 fully saturated rings. The van der Waals surface area contributed by atoms with E-state index in [1.807, 2.05) is 49.4 Å². The highest BCUT2D eigenvalue weighted by molar-refractivity contribution is 6.09. The summed E-state index contributed by atoms with van der Waals surface area (Å²) in [5.74, 6) is -0.00218. The molecule has 0 aliphatic carbocycles. The number of carbonyl (C=O) groups is 3. The van der Waals surface area contributed by atoms with E-state index >= 15 is 0 Å². The minimum absolute atomic E-state index is 0.304. The molecule has 0 bridgehead atoms. The van der Waals surface area contributed by atoms with Crippen LogP contribution in [-0.2, 0) is 21.5 Å². The van der Waals surface area contributed by atoms with E-state index in [0.717, 1.165) is 16.2 Å². The fourth-order valence-corrected chi connectivity index (χ4v) is 3.47. The first-order valence-corrected chi connectivity index (χ1v) is 9.59. The van der Waals surface area contributed by atoms with Crippen molar-refractivity contribution < 1.29 is 19.1 Å². The molecule has 0 aromatic heterocycles. The van der Waals surface area contributed by atoms with Crippen LogP contribution in [-0.4, -0.2) is 42.9 Å². The molecule has 0 spiro atoms. The van der Waals surface area contributed by atoms with Gasteiger partial charge in [-0.1, -0.05) is 49.4 Å². The van der Waals surface area contributed by atoms with Crippen molar-refractivity contribution in [3.63, 3.8) is 0 Å². The molecule has 1 saturated heterocycles. The van der Waals surface area contributed by atoms with Gasteiger partial charge in [0, 0.05) is 6.54 Å². The first-order valence-electron chi connectivity index (χ1n) is 9.59. The summed E-state index contributed by atoms with van der Waals surface area (Å²) < 4.78 is 5.12. The van der Waals surface area contributed by atoms with Crippen molar-refractivity contribution in [3.8, 4) is 5.75 Å². The smallest absolute Gasteiger partial charge is 0.325 e. The summed E-state index contributed by atoms with van der Waals surface area (Å²) in [6.07, 6.45) is 1.04. The van der Waals surface area contributed by atoms with Gasteiger partial charge in [0.1, 0.15) is 17.8 Å². The summed E-state index contributed by atoms with van der Waals surface area (Å²) in [4.78, 5) is 38.7. The maximum Gasteiger partial charge on any atom is 0.325 e. The van der Waals surface area contributed by atoms with Crippen LogP contribution < -0.4 is 15.4 Å². The maximum atomic E-state index is 13.0. The number of nitrogens with zero attached hydrogens (tertiary/aromatic N) is 1. The number of carbonyl (C=O) groups excluding carboxylic acids is 3. The van der Waals surface area contributed by atoms with Crippen molar-refractivity contribution >= 4 is 17.8 Å². The van der Waals surface area contributed by atoms with Crippen LogP contribution in [0.3, 0.4) is 0 Å². The van der Waals surface area contributed by atoms with E-state index < -0.39 is 17.5 Å². The van der Waals surface area contributed by atoms with E-state index in [0.29, 0.717) is 24.9 Å². The van der Waals surface area contributed by atoms with Gasteiger partial charge in [-0.3, -0.25) is 14.5 Å². The molecule has 1 heterocycles. The second kappa shape index (κ2) is 8.77. The van der Waals surface area contributed by atoms with Gasteiger partial charge in [-0.15, -0.1) is 0 Å². The van der Waals surface area contributed by atoms with E-state index in [9.17, 15) is 14.4 Å². The van der Waals surface area contributed by atoms with E-state index in [2.05, 4.69) is 10.6 Å². The van der Waals surface area contributed by atoms with Crippen molar-refractivity contribution in [1.82, 2.24) is 15.5 Å². The first-order chi connectivity index (χ1) is 14.0. The van der Waals surface area contributed by atoms with E-state index in [4.69, 9.17) is 4.74 Å². The molecule has 2 aromatic carbocycles. The summed E-state index contributed by atoms with van der Waals surface area (Å²) >= 11 is 0. The highest BCUT2D eigenvalue weighted by Crippen LogP contribution is 2.32. The summed E-state index contributed by atoms with van der Waals surface area (Å²) in [7, 11) is 1.61. The molecule has 4 amide bonds. The quantitative estimate of drug-likeness (QED) is 0.671. The number of nitrogens with one attached hydrogen (secondary N) is 2. The molecular weight excluding hydrogens is 370 g/mol. The topological polar surface area (TPSA) is 87.7 Å². The Bertz CT molecular complexity index is 883. The number of amides is 4. The second-order valence-electron chi connectivity index (χ2n) is 6.89. The third-order valence-electron chi connectivity index (χ3n) is 5.17. The largest absolute Gasteiger partial charge is 0.497 e. The maximum absolute atomic E-state index is 13.0. The van der Waals surface area contributed by atoms with Crippen LogP contribution in [0.15, 0.2) is 54.6 Å². The molecule has 29 heavy (non-hydrogen) atoms. The van der Waals surface area contributed by atoms with E-state index in [1.165, 1.54) is 0 Å². The van der Waals surface area contributed by atoms with Crippen LogP contribution in [0, 0.1) is 0 Å². The minimum Gasteiger partial charge on any atom is -0.497 e. The number of ether oxygens (including phenoxy) is 1. The van der Waals surface area contributed by atoms with Gasteiger partial charge in [0.2, 0.25) is 5.91 Å². The summed E-state index contributed by atoms with van der Waals surface area (Å²) in [6.45, 7) is 1.94. The van der Waals surface area contributed by atoms with Crippen LogP contribution in [0.4, 0.5) is 4.79 Å². The molecule has 2 N–H and O–H groups in total. The van der Waals surface area contributed by atoms with E-state index in [1.54, 1.807) is 19.2 Å². The second-order valence-corrected chi connectivity index (χ2v) is 6.89. The summed E-state index contributed by atoms with van der Waals surface area (Å²) in [5, 5.41) is 5.55. The van der Waals surface area contributed by atoms with Crippen molar-refractivity contribution in [1.29, 1.82) is 0 Å². The lowest BCUT2D eigenvalue weighted by Crippen LogP contribution is -2.45. The molecule has 0 saturated carbocycles. The zero-order chi connectivity index (χ0) is 20.9. The van der Waals surface area contributed by atoms with Gasteiger partial charge in [-0.05, 0) is 36.1 Å². The van der Waals surface area contributed by atoms with Gasteiger partial charge >= 0.3 is 6.03 Å². The van der Waals surface area contributed by atoms with Crippen LogP contribution >= 0.6 is 0 Å². The van der Waals surface area contributed by atoms with Crippen LogP contribution in [0.1, 0.15) is 24.5 Å². The first kappa shape index (κ1) is 20.4. The van der Waals surface area contributed by atoms with Gasteiger partial charge in [-0.25, -0.2) is 4.79 Å². The molecule has 2 aromatic rings. The Kier molecular flexibility index (Phi) is 6.16. The third-order valence-corrected chi connectivity index (χ3v) is 5.17. The molecular formula is C22H25N3O4. The number of urea groups is 1. The Hall–Kier alpha value is -3.35. The van der Waals surface area contributed by atoms with Crippen molar-refractivity contribution in [3.05, 3.63) is 65.7 Å². The van der Waals surface area contributed by atoms with Gasteiger partial charge < -0.3 is 15.4 Å². The van der Waals surface area contributed by atoms with Crippen molar-refractivity contribution in [2.75, 3.05) is 20.2 Å². The lowest BCUT2D eigenvalue weighted by Gasteiger charge is -2.25. The normalized spacial score (nSPS) is 18.5. The highest BCUT2D eigenvalue weighted by atomic mass is 16.5. The Morgan fingerprint density at radius 1 is 1.10 bits per heavy atom. The Morgan fingerprint density at radius 2 is 1.79 bits per heavy atom. The lowest BCUT2D eigenvalue weighted by atomic mass is 9.87. The number of imide groups is 1. The molecule has 1 atom stereocenters. The van der Waals surface area contributed by atoms with Crippen molar-refractivity contribution in [2.24, 2.45) is 0 Å². The molecule has 7 nitrogen and oxygen atoms in total. The Balaban J connectivity index is 1.58. The summed E-state index contributed by atoms with van der Waals surface area (Å²) in [5.41, 5.74) is 0.639. The average molecular weight is 395 g/mol. The monoisotopic (exact) mass is 395 g/mol. The van der Waals surface area contributed by atoms with Crippen LogP contribution in [0.25, 0.3) is 0 Å².